The maximum absolute atomic E-state index is 9.87. The average Bonchev–Trinajstić information content (AvgIpc) is 2.99. The molecule has 0 bridgehead atoms. The minimum Gasteiger partial charge on any atom is -0.332 e. The molecule has 1 unspecified atom stereocenters. The van der Waals surface area contributed by atoms with E-state index in [1.165, 1.54) is 0 Å². The molecule has 4 heteroatoms. The van der Waals surface area contributed by atoms with Gasteiger partial charge in [-0.05, 0) is 18.5 Å². The van der Waals surface area contributed by atoms with Gasteiger partial charge in [-0.3, -0.25) is 5.32 Å². The number of nitrogens with one attached hydrogen (secondary N) is 1. The van der Waals surface area contributed by atoms with E-state index in [2.05, 4.69) is 34.8 Å². The van der Waals surface area contributed by atoms with Gasteiger partial charge in [-0.1, -0.05) is 44.2 Å². The standard InChI is InChI=1S/C17H22N4/c1-3-10-20-17(13-18,15-8-6-5-7-9-15)14-21-12-11-19-16(21)4-2/h5-9,11-12,20H,3-4,10,14H2,1-2H3. The Morgan fingerprint density at radius 1 is 1.29 bits per heavy atom. The van der Waals surface area contributed by atoms with Crippen molar-refractivity contribution in [2.45, 2.75) is 38.8 Å². The molecule has 0 aliphatic carbocycles. The fraction of sp³-hybridized carbons (Fsp3) is 0.412. The summed E-state index contributed by atoms with van der Waals surface area (Å²) < 4.78 is 2.07. The number of aromatic nitrogens is 2. The number of rotatable bonds is 7. The van der Waals surface area contributed by atoms with Crippen molar-refractivity contribution in [3.05, 3.63) is 54.1 Å². The molecule has 0 saturated carbocycles. The molecular formula is C17H22N4. The number of benzene rings is 1. The van der Waals surface area contributed by atoms with Crippen molar-refractivity contribution in [3.63, 3.8) is 0 Å². The van der Waals surface area contributed by atoms with Gasteiger partial charge in [0.15, 0.2) is 0 Å². The summed E-state index contributed by atoms with van der Waals surface area (Å²) in [5.74, 6) is 1.00. The lowest BCUT2D eigenvalue weighted by molar-refractivity contribution is 0.363. The third-order valence-electron chi connectivity index (χ3n) is 3.66. The summed E-state index contributed by atoms with van der Waals surface area (Å²) in [6, 6.07) is 12.4. The van der Waals surface area contributed by atoms with Crippen molar-refractivity contribution >= 4 is 0 Å². The molecule has 1 N–H and O–H groups in total. The van der Waals surface area contributed by atoms with E-state index in [4.69, 9.17) is 0 Å². The number of imidazole rings is 1. The predicted molar refractivity (Wildman–Crippen MR) is 83.6 cm³/mol. The lowest BCUT2D eigenvalue weighted by Gasteiger charge is -2.29. The Hall–Kier alpha value is -2.12. The van der Waals surface area contributed by atoms with E-state index < -0.39 is 5.54 Å². The largest absolute Gasteiger partial charge is 0.332 e. The van der Waals surface area contributed by atoms with Crippen LogP contribution in [-0.4, -0.2) is 16.1 Å². The Kier molecular flexibility index (Phi) is 5.13. The van der Waals surface area contributed by atoms with E-state index >= 15 is 0 Å². The van der Waals surface area contributed by atoms with Gasteiger partial charge in [0, 0.05) is 18.8 Å². The molecule has 0 spiro atoms. The van der Waals surface area contributed by atoms with Gasteiger partial charge < -0.3 is 4.57 Å². The van der Waals surface area contributed by atoms with E-state index in [1.807, 2.05) is 36.5 Å². The van der Waals surface area contributed by atoms with Crippen molar-refractivity contribution in [3.8, 4) is 6.07 Å². The van der Waals surface area contributed by atoms with E-state index in [0.29, 0.717) is 6.54 Å². The van der Waals surface area contributed by atoms with Crippen LogP contribution in [0.2, 0.25) is 0 Å². The van der Waals surface area contributed by atoms with Gasteiger partial charge in [0.1, 0.15) is 11.4 Å². The predicted octanol–water partition coefficient (Wildman–Crippen LogP) is 2.86. The zero-order valence-corrected chi connectivity index (χ0v) is 12.7. The molecular weight excluding hydrogens is 260 g/mol. The van der Waals surface area contributed by atoms with Crippen LogP contribution in [-0.2, 0) is 18.5 Å². The van der Waals surface area contributed by atoms with E-state index in [-0.39, 0.29) is 0 Å². The van der Waals surface area contributed by atoms with Crippen molar-refractivity contribution < 1.29 is 0 Å². The van der Waals surface area contributed by atoms with Crippen LogP contribution in [0.5, 0.6) is 0 Å². The molecule has 0 aliphatic heterocycles. The summed E-state index contributed by atoms with van der Waals surface area (Å²) in [5, 5.41) is 13.3. The molecule has 4 nitrogen and oxygen atoms in total. The van der Waals surface area contributed by atoms with Gasteiger partial charge in [-0.25, -0.2) is 4.98 Å². The van der Waals surface area contributed by atoms with Gasteiger partial charge in [0.25, 0.3) is 0 Å². The summed E-state index contributed by atoms with van der Waals surface area (Å²) in [6.07, 6.45) is 5.59. The first kappa shape index (κ1) is 15.3. The SMILES string of the molecule is CCCNC(C#N)(Cn1ccnc1CC)c1ccccc1. The van der Waals surface area contributed by atoms with Crippen LogP contribution in [0.4, 0.5) is 0 Å². The highest BCUT2D eigenvalue weighted by Gasteiger charge is 2.32. The van der Waals surface area contributed by atoms with Crippen molar-refractivity contribution in [2.24, 2.45) is 0 Å². The van der Waals surface area contributed by atoms with Crippen LogP contribution >= 0.6 is 0 Å². The molecule has 0 amide bonds. The third-order valence-corrected chi connectivity index (χ3v) is 3.66. The van der Waals surface area contributed by atoms with E-state index in [9.17, 15) is 5.26 Å². The van der Waals surface area contributed by atoms with Crippen LogP contribution < -0.4 is 5.32 Å². The molecule has 2 rings (SSSR count). The molecule has 1 aromatic carbocycles. The summed E-state index contributed by atoms with van der Waals surface area (Å²) in [4.78, 5) is 4.35. The van der Waals surface area contributed by atoms with Gasteiger partial charge in [0.05, 0.1) is 12.6 Å². The third kappa shape index (κ3) is 3.32. The molecule has 1 aromatic heterocycles. The second kappa shape index (κ2) is 7.05. The van der Waals surface area contributed by atoms with Crippen molar-refractivity contribution in [2.75, 3.05) is 6.54 Å². The van der Waals surface area contributed by atoms with Crippen molar-refractivity contribution in [1.82, 2.24) is 14.9 Å². The minimum absolute atomic E-state index is 0.566. The fourth-order valence-electron chi connectivity index (χ4n) is 2.50. The van der Waals surface area contributed by atoms with Gasteiger partial charge >= 0.3 is 0 Å². The molecule has 0 aliphatic rings. The summed E-state index contributed by atoms with van der Waals surface area (Å²) in [6.45, 7) is 5.55. The molecule has 1 heterocycles. The van der Waals surface area contributed by atoms with Gasteiger partial charge in [-0.15, -0.1) is 0 Å². The Morgan fingerprint density at radius 2 is 2.05 bits per heavy atom. The molecule has 2 aromatic rings. The molecule has 0 radical (unpaired) electrons. The number of hydrogen-bond donors (Lipinski definition) is 1. The normalized spacial score (nSPS) is 13.6. The lowest BCUT2D eigenvalue weighted by atomic mass is 9.90. The maximum atomic E-state index is 9.87. The van der Waals surface area contributed by atoms with Crippen LogP contribution in [0.1, 0.15) is 31.7 Å². The highest BCUT2D eigenvalue weighted by molar-refractivity contribution is 5.31. The highest BCUT2D eigenvalue weighted by Crippen LogP contribution is 2.23. The van der Waals surface area contributed by atoms with Gasteiger partial charge in [-0.2, -0.15) is 5.26 Å². The van der Waals surface area contributed by atoms with Crippen LogP contribution in [0.25, 0.3) is 0 Å². The van der Waals surface area contributed by atoms with Crippen LogP contribution in [0.15, 0.2) is 42.7 Å². The Labute approximate surface area is 126 Å². The number of nitriles is 1. The van der Waals surface area contributed by atoms with E-state index in [1.54, 1.807) is 6.20 Å². The van der Waals surface area contributed by atoms with Gasteiger partial charge in [0.2, 0.25) is 0 Å². The first-order valence-corrected chi connectivity index (χ1v) is 7.47. The first-order chi connectivity index (χ1) is 10.3. The second-order valence-corrected chi connectivity index (χ2v) is 5.13. The smallest absolute Gasteiger partial charge is 0.150 e. The summed E-state index contributed by atoms with van der Waals surface area (Å²) in [7, 11) is 0. The Balaban J connectivity index is 2.38. The zero-order chi connectivity index (χ0) is 15.1. The number of aryl methyl sites for hydroxylation is 1. The summed E-state index contributed by atoms with van der Waals surface area (Å²) >= 11 is 0. The average molecular weight is 282 g/mol. The highest BCUT2D eigenvalue weighted by atomic mass is 15.1. The van der Waals surface area contributed by atoms with E-state index in [0.717, 1.165) is 30.8 Å². The topological polar surface area (TPSA) is 53.6 Å². The first-order valence-electron chi connectivity index (χ1n) is 7.47. The van der Waals surface area contributed by atoms with Crippen molar-refractivity contribution in [1.29, 1.82) is 5.26 Å². The monoisotopic (exact) mass is 282 g/mol. The quantitative estimate of drug-likeness (QED) is 0.849. The molecule has 110 valence electrons. The van der Waals surface area contributed by atoms with Crippen LogP contribution in [0, 0.1) is 11.3 Å². The minimum atomic E-state index is -0.720. The molecule has 0 fully saturated rings. The Bertz CT molecular complexity index is 597. The fourth-order valence-corrected chi connectivity index (χ4v) is 2.50. The second-order valence-electron chi connectivity index (χ2n) is 5.13. The number of nitrogens with zero attached hydrogens (tertiary/aromatic N) is 3. The molecule has 1 atom stereocenters. The molecule has 21 heavy (non-hydrogen) atoms. The summed E-state index contributed by atoms with van der Waals surface area (Å²) in [5.41, 5.74) is 0.277. The lowest BCUT2D eigenvalue weighted by Crippen LogP contribution is -2.45. The Morgan fingerprint density at radius 3 is 2.67 bits per heavy atom. The number of hydrogen-bond acceptors (Lipinski definition) is 3. The van der Waals surface area contributed by atoms with Crippen LogP contribution in [0.3, 0.4) is 0 Å². The maximum Gasteiger partial charge on any atom is 0.150 e. The zero-order valence-electron chi connectivity index (χ0n) is 12.7. The molecule has 0 saturated heterocycles.